The molecule has 0 aliphatic carbocycles. The molecule has 2 aromatic carbocycles. The normalized spacial score (nSPS) is 10.3. The van der Waals surface area contributed by atoms with Crippen LogP contribution in [0.3, 0.4) is 0 Å². The number of rotatable bonds is 2. The Morgan fingerprint density at radius 1 is 1.11 bits per heavy atom. The predicted octanol–water partition coefficient (Wildman–Crippen LogP) is 4.69. The van der Waals surface area contributed by atoms with Crippen molar-refractivity contribution < 1.29 is 9.18 Å². The second-order valence-electron chi connectivity index (χ2n) is 4.07. The zero-order chi connectivity index (χ0) is 14.0. The van der Waals surface area contributed by atoms with Gasteiger partial charge in [0.05, 0.1) is 0 Å². The van der Waals surface area contributed by atoms with Crippen LogP contribution in [0.2, 0.25) is 10.0 Å². The van der Waals surface area contributed by atoms with Crippen LogP contribution < -0.4 is 5.32 Å². The fourth-order valence-corrected chi connectivity index (χ4v) is 2.19. The Labute approximate surface area is 120 Å². The molecule has 0 radical (unpaired) electrons. The molecule has 5 heteroatoms. The fourth-order valence-electron chi connectivity index (χ4n) is 1.66. The van der Waals surface area contributed by atoms with E-state index in [4.69, 9.17) is 23.2 Å². The Morgan fingerprint density at radius 3 is 2.37 bits per heavy atom. The van der Waals surface area contributed by atoms with Gasteiger partial charge in [0, 0.05) is 21.3 Å². The highest BCUT2D eigenvalue weighted by Crippen LogP contribution is 2.23. The Hall–Kier alpha value is -1.58. The highest BCUT2D eigenvalue weighted by molar-refractivity contribution is 6.35. The summed E-state index contributed by atoms with van der Waals surface area (Å²) in [4.78, 5) is 12.0. The quantitative estimate of drug-likeness (QED) is 0.856. The molecule has 2 nitrogen and oxygen atoms in total. The highest BCUT2D eigenvalue weighted by Gasteiger charge is 2.11. The van der Waals surface area contributed by atoms with Crippen LogP contribution in [0.15, 0.2) is 36.4 Å². The SMILES string of the molecule is Cc1ccc(F)cc1C(=O)Nc1cc(Cl)cc(Cl)c1. The maximum absolute atomic E-state index is 13.2. The van der Waals surface area contributed by atoms with Gasteiger partial charge in [-0.05, 0) is 42.8 Å². The standard InChI is InChI=1S/C14H10Cl2FNO/c1-8-2-3-11(17)7-13(8)14(19)18-12-5-9(15)4-10(16)6-12/h2-7H,1H3,(H,18,19). The van der Waals surface area contributed by atoms with Gasteiger partial charge < -0.3 is 5.32 Å². The van der Waals surface area contributed by atoms with Crippen LogP contribution in [0.1, 0.15) is 15.9 Å². The number of halogens is 3. The van der Waals surface area contributed by atoms with E-state index in [0.717, 1.165) is 0 Å². The summed E-state index contributed by atoms with van der Waals surface area (Å²) in [5, 5.41) is 3.46. The summed E-state index contributed by atoms with van der Waals surface area (Å²) in [5.41, 5.74) is 1.43. The van der Waals surface area contributed by atoms with Crippen molar-refractivity contribution in [2.24, 2.45) is 0 Å². The lowest BCUT2D eigenvalue weighted by Gasteiger charge is -2.08. The lowest BCUT2D eigenvalue weighted by molar-refractivity contribution is 0.102. The molecule has 98 valence electrons. The van der Waals surface area contributed by atoms with E-state index in [1.165, 1.54) is 12.1 Å². The summed E-state index contributed by atoms with van der Waals surface area (Å²) in [5.74, 6) is -0.866. The van der Waals surface area contributed by atoms with E-state index >= 15 is 0 Å². The summed E-state index contributed by atoms with van der Waals surface area (Å²) in [6.45, 7) is 1.74. The first-order valence-corrected chi connectivity index (χ1v) is 6.25. The number of hydrogen-bond acceptors (Lipinski definition) is 1. The molecule has 0 heterocycles. The van der Waals surface area contributed by atoms with Crippen molar-refractivity contribution in [1.29, 1.82) is 0 Å². The Balaban J connectivity index is 2.28. The number of aryl methyl sites for hydroxylation is 1. The molecule has 0 fully saturated rings. The second-order valence-corrected chi connectivity index (χ2v) is 4.94. The van der Waals surface area contributed by atoms with Crippen molar-refractivity contribution in [3.8, 4) is 0 Å². The van der Waals surface area contributed by atoms with Crippen molar-refractivity contribution in [2.75, 3.05) is 5.32 Å². The molecule has 0 bridgehead atoms. The zero-order valence-electron chi connectivity index (χ0n) is 10.0. The number of carbonyl (C=O) groups is 1. The average Bonchev–Trinajstić information content (AvgIpc) is 2.30. The lowest BCUT2D eigenvalue weighted by Crippen LogP contribution is -2.13. The first-order chi connectivity index (χ1) is 8.95. The average molecular weight is 298 g/mol. The predicted molar refractivity (Wildman–Crippen MR) is 75.6 cm³/mol. The summed E-state index contributed by atoms with van der Waals surface area (Å²) in [7, 11) is 0. The van der Waals surface area contributed by atoms with Gasteiger partial charge in [-0.2, -0.15) is 0 Å². The minimum atomic E-state index is -0.458. The van der Waals surface area contributed by atoms with Gasteiger partial charge in [-0.1, -0.05) is 29.3 Å². The molecule has 0 saturated heterocycles. The van der Waals surface area contributed by atoms with E-state index in [9.17, 15) is 9.18 Å². The first kappa shape index (κ1) is 13.8. The van der Waals surface area contributed by atoms with Crippen molar-refractivity contribution in [2.45, 2.75) is 6.92 Å². The number of amides is 1. The number of hydrogen-bond donors (Lipinski definition) is 1. The number of nitrogens with one attached hydrogen (secondary N) is 1. The molecule has 0 atom stereocenters. The summed E-state index contributed by atoms with van der Waals surface area (Å²) >= 11 is 11.7. The minimum Gasteiger partial charge on any atom is -0.322 e. The van der Waals surface area contributed by atoms with Gasteiger partial charge in [-0.3, -0.25) is 4.79 Å². The van der Waals surface area contributed by atoms with Crippen molar-refractivity contribution >= 4 is 34.8 Å². The first-order valence-electron chi connectivity index (χ1n) is 5.49. The van der Waals surface area contributed by atoms with E-state index in [1.54, 1.807) is 31.2 Å². The molecule has 2 aromatic rings. The Bertz CT molecular complexity index is 623. The van der Waals surface area contributed by atoms with Crippen LogP contribution in [0.25, 0.3) is 0 Å². The van der Waals surface area contributed by atoms with Crippen molar-refractivity contribution in [1.82, 2.24) is 0 Å². The Kier molecular flexibility index (Phi) is 4.08. The molecule has 1 N–H and O–H groups in total. The maximum atomic E-state index is 13.2. The number of carbonyl (C=O) groups excluding carboxylic acids is 1. The van der Waals surface area contributed by atoms with Crippen molar-refractivity contribution in [3.05, 3.63) is 63.4 Å². The largest absolute Gasteiger partial charge is 0.322 e. The third-order valence-electron chi connectivity index (χ3n) is 2.56. The third-order valence-corrected chi connectivity index (χ3v) is 3.00. The molecule has 0 aromatic heterocycles. The summed E-state index contributed by atoms with van der Waals surface area (Å²) in [6, 6.07) is 8.75. The fraction of sp³-hybridized carbons (Fsp3) is 0.0714. The molecule has 0 unspecified atom stereocenters. The highest BCUT2D eigenvalue weighted by atomic mass is 35.5. The van der Waals surface area contributed by atoms with Gasteiger partial charge in [-0.25, -0.2) is 4.39 Å². The van der Waals surface area contributed by atoms with E-state index in [2.05, 4.69) is 5.32 Å². The molecule has 0 aliphatic heterocycles. The molecule has 0 saturated carbocycles. The van der Waals surface area contributed by atoms with E-state index in [1.807, 2.05) is 0 Å². The van der Waals surface area contributed by atoms with Gasteiger partial charge in [0.25, 0.3) is 5.91 Å². The topological polar surface area (TPSA) is 29.1 Å². The number of benzene rings is 2. The van der Waals surface area contributed by atoms with Crippen LogP contribution in [-0.4, -0.2) is 5.91 Å². The van der Waals surface area contributed by atoms with Gasteiger partial charge >= 0.3 is 0 Å². The molecule has 2 rings (SSSR count). The maximum Gasteiger partial charge on any atom is 0.256 e. The van der Waals surface area contributed by atoms with Gasteiger partial charge in [-0.15, -0.1) is 0 Å². The van der Waals surface area contributed by atoms with E-state index in [-0.39, 0.29) is 5.56 Å². The Morgan fingerprint density at radius 2 is 1.74 bits per heavy atom. The smallest absolute Gasteiger partial charge is 0.256 e. The second kappa shape index (κ2) is 5.59. The monoisotopic (exact) mass is 297 g/mol. The summed E-state index contributed by atoms with van der Waals surface area (Å²) in [6.07, 6.45) is 0. The molecule has 0 aliphatic rings. The lowest BCUT2D eigenvalue weighted by atomic mass is 10.1. The summed E-state index contributed by atoms with van der Waals surface area (Å²) < 4.78 is 13.2. The molecular weight excluding hydrogens is 288 g/mol. The zero-order valence-corrected chi connectivity index (χ0v) is 11.5. The van der Waals surface area contributed by atoms with Crippen LogP contribution in [-0.2, 0) is 0 Å². The van der Waals surface area contributed by atoms with Crippen molar-refractivity contribution in [3.63, 3.8) is 0 Å². The number of anilines is 1. The molecule has 1 amide bonds. The van der Waals surface area contributed by atoms with Crippen LogP contribution in [0.5, 0.6) is 0 Å². The third kappa shape index (κ3) is 3.46. The van der Waals surface area contributed by atoms with Gasteiger partial charge in [0.2, 0.25) is 0 Å². The van der Waals surface area contributed by atoms with E-state index < -0.39 is 11.7 Å². The molecular formula is C14H10Cl2FNO. The van der Waals surface area contributed by atoms with E-state index in [0.29, 0.717) is 21.3 Å². The molecule has 19 heavy (non-hydrogen) atoms. The van der Waals surface area contributed by atoms with Gasteiger partial charge in [0.15, 0.2) is 0 Å². The minimum absolute atomic E-state index is 0.274. The van der Waals surface area contributed by atoms with Crippen LogP contribution in [0, 0.1) is 12.7 Å². The molecule has 0 spiro atoms. The van der Waals surface area contributed by atoms with Crippen LogP contribution >= 0.6 is 23.2 Å². The van der Waals surface area contributed by atoms with Crippen LogP contribution in [0.4, 0.5) is 10.1 Å². The van der Waals surface area contributed by atoms with Gasteiger partial charge in [0.1, 0.15) is 5.82 Å².